The van der Waals surface area contributed by atoms with Gasteiger partial charge < -0.3 is 26.0 Å². The van der Waals surface area contributed by atoms with Crippen LogP contribution in [-0.4, -0.2) is 64.6 Å². The van der Waals surface area contributed by atoms with Gasteiger partial charge in [-0.2, -0.15) is 0 Å². The molecule has 2 saturated heterocycles. The Morgan fingerprint density at radius 1 is 0.971 bits per heavy atom. The summed E-state index contributed by atoms with van der Waals surface area (Å²) >= 11 is 1.42. The number of thioether (sulfide) groups is 1. The van der Waals surface area contributed by atoms with Crippen molar-refractivity contribution in [2.75, 3.05) is 24.7 Å². The van der Waals surface area contributed by atoms with Crippen molar-refractivity contribution in [2.24, 2.45) is 0 Å². The van der Waals surface area contributed by atoms with Crippen molar-refractivity contribution >= 4 is 29.5 Å². The molecule has 2 heterocycles. The molecule has 2 aliphatic rings. The zero-order chi connectivity index (χ0) is 24.2. The van der Waals surface area contributed by atoms with Crippen LogP contribution < -0.4 is 16.0 Å². The SMILES string of the molecule is O=C1CC[C@@H](C(=O)N2CSC[C@H]2C(=O)O)N1.c1ccc(CNCCNCc2ccccc2)cc1. The Bertz CT molecular complexity index is 886. The summed E-state index contributed by atoms with van der Waals surface area (Å²) < 4.78 is 0. The predicted molar refractivity (Wildman–Crippen MR) is 133 cm³/mol. The first-order valence-electron chi connectivity index (χ1n) is 11.4. The number of carboxylic acid groups (broad SMARTS) is 1. The second kappa shape index (κ2) is 13.7. The van der Waals surface area contributed by atoms with Gasteiger partial charge in [-0.3, -0.25) is 9.59 Å². The van der Waals surface area contributed by atoms with Gasteiger partial charge in [-0.25, -0.2) is 4.79 Å². The van der Waals surface area contributed by atoms with E-state index in [1.165, 1.54) is 27.8 Å². The summed E-state index contributed by atoms with van der Waals surface area (Å²) in [6, 6.07) is 19.7. The summed E-state index contributed by atoms with van der Waals surface area (Å²) in [5.41, 5.74) is 2.67. The monoisotopic (exact) mass is 484 g/mol. The number of carboxylic acids is 1. The van der Waals surface area contributed by atoms with Crippen LogP contribution in [0, 0.1) is 0 Å². The molecule has 0 radical (unpaired) electrons. The first kappa shape index (κ1) is 25.7. The van der Waals surface area contributed by atoms with Crippen molar-refractivity contribution in [1.29, 1.82) is 0 Å². The number of carbonyl (C=O) groups excluding carboxylic acids is 2. The van der Waals surface area contributed by atoms with E-state index < -0.39 is 18.1 Å². The first-order chi connectivity index (χ1) is 16.5. The zero-order valence-corrected chi connectivity index (χ0v) is 19.9. The minimum atomic E-state index is -0.984. The maximum absolute atomic E-state index is 11.9. The molecule has 2 atom stereocenters. The van der Waals surface area contributed by atoms with Crippen molar-refractivity contribution in [1.82, 2.24) is 20.9 Å². The Kier molecular flexibility index (Phi) is 10.4. The van der Waals surface area contributed by atoms with E-state index >= 15 is 0 Å². The molecule has 2 aromatic carbocycles. The van der Waals surface area contributed by atoms with Crippen LogP contribution in [-0.2, 0) is 27.5 Å². The lowest BCUT2D eigenvalue weighted by Crippen LogP contribution is -2.49. The van der Waals surface area contributed by atoms with Gasteiger partial charge in [0.25, 0.3) is 0 Å². The van der Waals surface area contributed by atoms with Gasteiger partial charge in [0.1, 0.15) is 12.1 Å². The van der Waals surface area contributed by atoms with E-state index in [0.29, 0.717) is 24.5 Å². The highest BCUT2D eigenvalue weighted by Gasteiger charge is 2.39. The normalized spacial score (nSPS) is 19.3. The first-order valence-corrected chi connectivity index (χ1v) is 12.6. The molecular formula is C25H32N4O4S. The minimum Gasteiger partial charge on any atom is -0.480 e. The molecule has 2 aromatic rings. The van der Waals surface area contributed by atoms with Gasteiger partial charge in [-0.15, -0.1) is 11.8 Å². The molecule has 0 bridgehead atoms. The molecule has 8 nitrogen and oxygen atoms in total. The maximum Gasteiger partial charge on any atom is 0.327 e. The Balaban J connectivity index is 0.000000192. The Labute approximate surface area is 204 Å². The topological polar surface area (TPSA) is 111 Å². The van der Waals surface area contributed by atoms with E-state index in [9.17, 15) is 14.4 Å². The Hall–Kier alpha value is -2.88. The van der Waals surface area contributed by atoms with Crippen LogP contribution in [0.25, 0.3) is 0 Å². The second-order valence-electron chi connectivity index (χ2n) is 8.15. The van der Waals surface area contributed by atoms with Crippen LogP contribution in [0.1, 0.15) is 24.0 Å². The fourth-order valence-corrected chi connectivity index (χ4v) is 4.85. The largest absolute Gasteiger partial charge is 0.480 e. The molecule has 182 valence electrons. The fraction of sp³-hybridized carbons (Fsp3) is 0.400. The summed E-state index contributed by atoms with van der Waals surface area (Å²) in [7, 11) is 0. The Morgan fingerprint density at radius 3 is 2.00 bits per heavy atom. The van der Waals surface area contributed by atoms with Crippen molar-refractivity contribution in [3.8, 4) is 0 Å². The maximum atomic E-state index is 11.9. The molecule has 0 aliphatic carbocycles. The lowest BCUT2D eigenvalue weighted by atomic mass is 10.2. The summed E-state index contributed by atoms with van der Waals surface area (Å²) in [6.45, 7) is 3.85. The van der Waals surface area contributed by atoms with E-state index in [1.807, 2.05) is 12.1 Å². The van der Waals surface area contributed by atoms with Crippen molar-refractivity contribution in [3.63, 3.8) is 0 Å². The smallest absolute Gasteiger partial charge is 0.327 e. The van der Waals surface area contributed by atoms with Gasteiger partial charge >= 0.3 is 5.97 Å². The predicted octanol–water partition coefficient (Wildman–Crippen LogP) is 1.82. The number of rotatable bonds is 9. The lowest BCUT2D eigenvalue weighted by Gasteiger charge is -2.23. The zero-order valence-electron chi connectivity index (χ0n) is 19.1. The highest BCUT2D eigenvalue weighted by Crippen LogP contribution is 2.23. The van der Waals surface area contributed by atoms with Gasteiger partial charge in [0, 0.05) is 38.4 Å². The summed E-state index contributed by atoms with van der Waals surface area (Å²) in [5, 5.41) is 18.3. The molecule has 2 amide bonds. The van der Waals surface area contributed by atoms with Gasteiger partial charge in [-0.1, -0.05) is 60.7 Å². The highest BCUT2D eigenvalue weighted by atomic mass is 32.2. The van der Waals surface area contributed by atoms with E-state index in [4.69, 9.17) is 5.11 Å². The standard InChI is InChI=1S/C16H20N2.C9H12N2O4S/c1-3-7-15(8-4-1)13-17-11-12-18-14-16-9-5-2-6-10-16;12-7-2-1-5(10-7)8(13)11-4-16-3-6(11)9(14)15/h1-10,17-18H,11-14H2;5-6H,1-4H2,(H,10,12)(H,14,15)/t;5-,6-/m.0/s1. The van der Waals surface area contributed by atoms with Crippen LogP contribution in [0.2, 0.25) is 0 Å². The number of aliphatic carboxylic acids is 1. The van der Waals surface area contributed by atoms with Crippen molar-refractivity contribution in [2.45, 2.75) is 38.0 Å². The summed E-state index contributed by atoms with van der Waals surface area (Å²) in [6.07, 6.45) is 0.806. The molecule has 2 aliphatic heterocycles. The number of hydrogen-bond acceptors (Lipinski definition) is 6. The number of hydrogen-bond donors (Lipinski definition) is 4. The van der Waals surface area contributed by atoms with Crippen LogP contribution in [0.5, 0.6) is 0 Å². The van der Waals surface area contributed by atoms with E-state index in [0.717, 1.165) is 26.2 Å². The number of nitrogens with one attached hydrogen (secondary N) is 3. The number of benzene rings is 2. The van der Waals surface area contributed by atoms with Crippen molar-refractivity contribution < 1.29 is 19.5 Å². The lowest BCUT2D eigenvalue weighted by molar-refractivity contribution is -0.148. The van der Waals surface area contributed by atoms with Crippen LogP contribution in [0.4, 0.5) is 0 Å². The molecule has 0 spiro atoms. The van der Waals surface area contributed by atoms with E-state index in [2.05, 4.69) is 64.5 Å². The third-order valence-corrected chi connectivity index (χ3v) is 6.58. The highest BCUT2D eigenvalue weighted by molar-refractivity contribution is 7.99. The van der Waals surface area contributed by atoms with Gasteiger partial charge in [-0.05, 0) is 17.5 Å². The van der Waals surface area contributed by atoms with E-state index in [1.54, 1.807) is 0 Å². The molecule has 0 saturated carbocycles. The quantitative estimate of drug-likeness (QED) is 0.402. The third kappa shape index (κ3) is 8.16. The summed E-state index contributed by atoms with van der Waals surface area (Å²) in [5.74, 6) is -0.591. The van der Waals surface area contributed by atoms with Gasteiger partial charge in [0.2, 0.25) is 11.8 Å². The molecule has 34 heavy (non-hydrogen) atoms. The van der Waals surface area contributed by atoms with Crippen LogP contribution >= 0.6 is 11.8 Å². The second-order valence-corrected chi connectivity index (χ2v) is 9.15. The molecule has 0 aromatic heterocycles. The number of amides is 2. The van der Waals surface area contributed by atoms with Crippen molar-refractivity contribution in [3.05, 3.63) is 71.8 Å². The minimum absolute atomic E-state index is 0.142. The fourth-order valence-electron chi connectivity index (χ4n) is 3.70. The number of nitrogens with zero attached hydrogens (tertiary/aromatic N) is 1. The molecule has 4 N–H and O–H groups in total. The van der Waals surface area contributed by atoms with E-state index in [-0.39, 0.29) is 11.8 Å². The molecule has 2 fully saturated rings. The van der Waals surface area contributed by atoms with Gasteiger partial charge in [0.15, 0.2) is 0 Å². The number of carbonyl (C=O) groups is 3. The van der Waals surface area contributed by atoms with Gasteiger partial charge in [0.05, 0.1) is 5.88 Å². The average Bonchev–Trinajstić information content (AvgIpc) is 3.52. The van der Waals surface area contributed by atoms with Crippen LogP contribution in [0.3, 0.4) is 0 Å². The van der Waals surface area contributed by atoms with Crippen LogP contribution in [0.15, 0.2) is 60.7 Å². The molecule has 4 rings (SSSR count). The molecule has 9 heteroatoms. The average molecular weight is 485 g/mol. The Morgan fingerprint density at radius 2 is 1.53 bits per heavy atom. The molecular weight excluding hydrogens is 452 g/mol. The third-order valence-electron chi connectivity index (χ3n) is 5.57. The molecule has 0 unspecified atom stereocenters. The summed E-state index contributed by atoms with van der Waals surface area (Å²) in [4.78, 5) is 35.2.